The van der Waals surface area contributed by atoms with Crippen molar-refractivity contribution in [3.8, 4) is 0 Å². The largest absolute Gasteiger partial charge is 0.192 e. The second-order valence-corrected chi connectivity index (χ2v) is 6.14. The molecule has 21 heavy (non-hydrogen) atoms. The van der Waals surface area contributed by atoms with E-state index in [0.717, 1.165) is 0 Å². The van der Waals surface area contributed by atoms with Crippen LogP contribution in [0.2, 0.25) is 0 Å². The second kappa shape index (κ2) is 11.4. The molecule has 0 nitrogen and oxygen atoms in total. The van der Waals surface area contributed by atoms with Crippen LogP contribution in [0.15, 0.2) is 0 Å². The Morgan fingerprint density at radius 2 is 0.952 bits per heavy atom. The van der Waals surface area contributed by atoms with Gasteiger partial charge in [-0.05, 0) is 0 Å². The quantitative estimate of drug-likeness (QED) is 0.355. The zero-order chi connectivity index (χ0) is 15.0. The minimum Gasteiger partial charge on any atom is -0.192 e. The molecule has 124 valence electrons. The van der Waals surface area contributed by atoms with Crippen molar-refractivity contribution in [3.05, 3.63) is 27.8 Å². The van der Waals surface area contributed by atoms with Crippen molar-refractivity contribution in [1.29, 1.82) is 0 Å². The molecule has 0 aliphatic heterocycles. The fourth-order valence-corrected chi connectivity index (χ4v) is 3.67. The maximum Gasteiger partial charge on any atom is 0 e. The van der Waals surface area contributed by atoms with E-state index >= 15 is 0 Å². The van der Waals surface area contributed by atoms with Crippen LogP contribution in [0.5, 0.6) is 0 Å². The Bertz CT molecular complexity index is 284. The Morgan fingerprint density at radius 1 is 0.571 bits per heavy atom. The summed E-state index contributed by atoms with van der Waals surface area (Å²) in [6.45, 7) is 11.7. The van der Waals surface area contributed by atoms with Crippen LogP contribution in [-0.2, 0) is 49.2 Å². The van der Waals surface area contributed by atoms with Gasteiger partial charge in [-0.2, -0.15) is 27.8 Å². The van der Waals surface area contributed by atoms with E-state index in [1.54, 1.807) is 27.8 Å². The average Bonchev–Trinajstić information content (AvgIpc) is 2.68. The molecule has 1 aromatic rings. The van der Waals surface area contributed by atoms with Gasteiger partial charge in [-0.15, -0.1) is 0 Å². The van der Waals surface area contributed by atoms with Gasteiger partial charge in [0.25, 0.3) is 0 Å². The first-order valence-corrected chi connectivity index (χ1v) is 9.05. The van der Waals surface area contributed by atoms with Crippen LogP contribution >= 0.6 is 0 Å². The van der Waals surface area contributed by atoms with Crippen molar-refractivity contribution in [1.82, 2.24) is 0 Å². The fraction of sp³-hybridized carbons (Fsp3) is 0.750. The summed E-state index contributed by atoms with van der Waals surface area (Å²) >= 11 is 0. The molecule has 1 heteroatoms. The molecule has 0 bridgehead atoms. The topological polar surface area (TPSA) is 0 Å². The Kier molecular flexibility index (Phi) is 11.4. The van der Waals surface area contributed by atoms with Gasteiger partial charge >= 0.3 is 0 Å². The Morgan fingerprint density at radius 3 is 1.24 bits per heavy atom. The van der Waals surface area contributed by atoms with E-state index < -0.39 is 0 Å². The molecule has 0 aromatic heterocycles. The third kappa shape index (κ3) is 5.22. The fourth-order valence-electron chi connectivity index (χ4n) is 3.67. The van der Waals surface area contributed by atoms with E-state index in [0.29, 0.717) is 0 Å². The van der Waals surface area contributed by atoms with Crippen molar-refractivity contribution in [2.24, 2.45) is 0 Å². The monoisotopic (exact) mass is 331 g/mol. The Balaban J connectivity index is 0.00000400. The second-order valence-electron chi connectivity index (χ2n) is 6.14. The van der Waals surface area contributed by atoms with Crippen molar-refractivity contribution in [2.45, 2.75) is 98.8 Å². The van der Waals surface area contributed by atoms with Crippen molar-refractivity contribution in [2.75, 3.05) is 0 Å². The minimum absolute atomic E-state index is 0. The normalized spacial score (nSPS) is 10.7. The molecule has 0 heterocycles. The summed E-state index contributed by atoms with van der Waals surface area (Å²) in [6, 6.07) is 0. The van der Waals surface area contributed by atoms with Crippen LogP contribution in [0, 0.1) is 0 Å². The first-order valence-electron chi connectivity index (χ1n) is 9.05. The maximum absolute atomic E-state index is 2.33. The molecule has 0 unspecified atom stereocenters. The molecule has 0 aliphatic rings. The summed E-state index contributed by atoms with van der Waals surface area (Å²) in [6.07, 6.45) is 12.9. The summed E-state index contributed by atoms with van der Waals surface area (Å²) in [5, 5.41) is 0. The predicted molar refractivity (Wildman–Crippen MR) is 92.0 cm³/mol. The van der Waals surface area contributed by atoms with E-state index in [1.807, 2.05) is 0 Å². The Labute approximate surface area is 143 Å². The number of hydrogen-bond donors (Lipinski definition) is 0. The van der Waals surface area contributed by atoms with Crippen molar-refractivity contribution < 1.29 is 17.1 Å². The summed E-state index contributed by atoms with van der Waals surface area (Å²) < 4.78 is 0. The van der Waals surface area contributed by atoms with Crippen LogP contribution in [0.4, 0.5) is 0 Å². The maximum atomic E-state index is 2.33. The van der Waals surface area contributed by atoms with Gasteiger partial charge in [0.05, 0.1) is 0 Å². The summed E-state index contributed by atoms with van der Waals surface area (Å²) in [5.41, 5.74) is 8.76. The zero-order valence-corrected chi connectivity index (χ0v) is 16.0. The molecular weight excluding hydrogens is 296 g/mol. The van der Waals surface area contributed by atoms with E-state index in [1.165, 1.54) is 64.2 Å². The molecule has 0 atom stereocenters. The van der Waals surface area contributed by atoms with Crippen LogP contribution in [0.25, 0.3) is 0 Å². The van der Waals surface area contributed by atoms with Crippen molar-refractivity contribution in [3.63, 3.8) is 0 Å². The first-order chi connectivity index (χ1) is 9.74. The smallest absolute Gasteiger partial charge is 0 e. The standard InChI is InChI=1S/C20H35.Fe/c1-6-11-16-17(12-7-2)19(14-9-4)20(15-10-5)18(16)13-8-3;/h6-15H2,1-5H3;/q-1;. The van der Waals surface area contributed by atoms with Gasteiger partial charge < -0.3 is 0 Å². The van der Waals surface area contributed by atoms with Crippen LogP contribution in [0.1, 0.15) is 94.5 Å². The van der Waals surface area contributed by atoms with E-state index in [4.69, 9.17) is 0 Å². The summed E-state index contributed by atoms with van der Waals surface area (Å²) in [4.78, 5) is 0. The third-order valence-electron chi connectivity index (χ3n) is 4.32. The predicted octanol–water partition coefficient (Wildman–Crippen LogP) is 6.17. The van der Waals surface area contributed by atoms with Gasteiger partial charge in [0.2, 0.25) is 0 Å². The van der Waals surface area contributed by atoms with Gasteiger partial charge in [-0.25, -0.2) is 0 Å². The summed E-state index contributed by atoms with van der Waals surface area (Å²) in [5.74, 6) is 0. The molecule has 0 N–H and O–H groups in total. The average molecular weight is 331 g/mol. The van der Waals surface area contributed by atoms with Gasteiger partial charge in [0.15, 0.2) is 0 Å². The first kappa shape index (κ1) is 20.9. The molecule has 0 saturated carbocycles. The van der Waals surface area contributed by atoms with Gasteiger partial charge in [0.1, 0.15) is 0 Å². The Hall–Kier alpha value is -0.131. The molecule has 0 amide bonds. The molecular formula is C20H35Fe-. The summed E-state index contributed by atoms with van der Waals surface area (Å²) in [7, 11) is 0. The molecule has 0 spiro atoms. The number of rotatable bonds is 10. The van der Waals surface area contributed by atoms with Gasteiger partial charge in [-0.3, -0.25) is 0 Å². The minimum atomic E-state index is 0. The number of hydrogen-bond acceptors (Lipinski definition) is 0. The molecule has 0 saturated heterocycles. The van der Waals surface area contributed by atoms with E-state index in [-0.39, 0.29) is 17.1 Å². The van der Waals surface area contributed by atoms with Gasteiger partial charge in [-0.1, -0.05) is 98.8 Å². The molecule has 0 radical (unpaired) electrons. The molecule has 0 aliphatic carbocycles. The van der Waals surface area contributed by atoms with Crippen LogP contribution in [0.3, 0.4) is 0 Å². The molecule has 1 aromatic carbocycles. The zero-order valence-electron chi connectivity index (χ0n) is 14.9. The molecule has 0 fully saturated rings. The molecule has 1 rings (SSSR count). The SMILES string of the molecule is CCCc1c(CCC)c(CCC)[c-](CCC)c1CCC.[Fe]. The van der Waals surface area contributed by atoms with E-state index in [9.17, 15) is 0 Å². The van der Waals surface area contributed by atoms with Crippen LogP contribution in [-0.4, -0.2) is 0 Å². The van der Waals surface area contributed by atoms with E-state index in [2.05, 4.69) is 34.6 Å². The van der Waals surface area contributed by atoms with Crippen molar-refractivity contribution >= 4 is 0 Å². The van der Waals surface area contributed by atoms with Gasteiger partial charge in [0, 0.05) is 17.1 Å². The third-order valence-corrected chi connectivity index (χ3v) is 4.32. The van der Waals surface area contributed by atoms with Crippen LogP contribution < -0.4 is 0 Å².